The number of hydrogen-bond acceptors (Lipinski definition) is 11. The van der Waals surface area contributed by atoms with Gasteiger partial charge in [0.15, 0.2) is 24.1 Å². The van der Waals surface area contributed by atoms with Gasteiger partial charge in [-0.1, -0.05) is 18.2 Å². The molecule has 35 heavy (non-hydrogen) atoms. The van der Waals surface area contributed by atoms with Crippen molar-refractivity contribution in [2.75, 3.05) is 6.61 Å². The summed E-state index contributed by atoms with van der Waals surface area (Å²) in [6.45, 7) is 4.15. The molecule has 0 aromatic heterocycles. The Balaban J connectivity index is 2.36. The quantitative estimate of drug-likeness (QED) is 0.303. The van der Waals surface area contributed by atoms with Gasteiger partial charge >= 0.3 is 23.9 Å². The SMILES string of the molecule is CC(=O)OC[C@H]1O[C@@H](CC(=O)/C=C/c2cccc(O)c2)[C@H](OC(C)=O)[C@@H](OC(C)=O)[C@H]1OC(C)=O. The molecule has 0 bridgehead atoms. The average Bonchev–Trinajstić information content (AvgIpc) is 2.74. The molecule has 0 radical (unpaired) electrons. The van der Waals surface area contributed by atoms with Crippen LogP contribution >= 0.6 is 0 Å². The van der Waals surface area contributed by atoms with Gasteiger partial charge in [-0.3, -0.25) is 24.0 Å². The van der Waals surface area contributed by atoms with Gasteiger partial charge in [0.05, 0.1) is 0 Å². The largest absolute Gasteiger partial charge is 0.508 e. The van der Waals surface area contributed by atoms with E-state index >= 15 is 0 Å². The van der Waals surface area contributed by atoms with Crippen LogP contribution in [0.2, 0.25) is 0 Å². The number of aromatic hydroxyl groups is 1. The first-order chi connectivity index (χ1) is 16.5. The number of phenolic OH excluding ortho intramolecular Hbond substituents is 1. The predicted octanol–water partition coefficient (Wildman–Crippen LogP) is 1.49. The number of esters is 4. The van der Waals surface area contributed by atoms with Crippen molar-refractivity contribution in [2.45, 2.75) is 64.6 Å². The summed E-state index contributed by atoms with van der Waals surface area (Å²) in [6.07, 6.45) is -3.74. The van der Waals surface area contributed by atoms with Gasteiger partial charge in [-0.25, -0.2) is 0 Å². The lowest BCUT2D eigenvalue weighted by Crippen LogP contribution is -2.62. The Kier molecular flexibility index (Phi) is 9.95. The van der Waals surface area contributed by atoms with E-state index in [4.69, 9.17) is 23.7 Å². The number of ether oxygens (including phenoxy) is 5. The van der Waals surface area contributed by atoms with Crippen molar-refractivity contribution in [2.24, 2.45) is 0 Å². The molecule has 0 aliphatic carbocycles. The van der Waals surface area contributed by atoms with Gasteiger partial charge in [0.25, 0.3) is 0 Å². The summed E-state index contributed by atoms with van der Waals surface area (Å²) in [5, 5.41) is 9.56. The molecule has 1 aromatic carbocycles. The van der Waals surface area contributed by atoms with Gasteiger partial charge in [-0.2, -0.15) is 0 Å². The molecule has 5 atom stereocenters. The number of allylic oxidation sites excluding steroid dienone is 1. The number of rotatable bonds is 9. The van der Waals surface area contributed by atoms with Gasteiger partial charge in [-0.15, -0.1) is 0 Å². The Labute approximate surface area is 201 Å². The van der Waals surface area contributed by atoms with Crippen LogP contribution in [0, 0.1) is 0 Å². The van der Waals surface area contributed by atoms with Crippen molar-refractivity contribution in [1.82, 2.24) is 0 Å². The molecule has 1 aliphatic heterocycles. The molecule has 1 saturated heterocycles. The number of hydrogen-bond donors (Lipinski definition) is 1. The van der Waals surface area contributed by atoms with E-state index < -0.39 is 60.2 Å². The minimum Gasteiger partial charge on any atom is -0.508 e. The second-order valence-corrected chi connectivity index (χ2v) is 7.84. The van der Waals surface area contributed by atoms with Crippen molar-refractivity contribution in [1.29, 1.82) is 0 Å². The normalized spacial score (nSPS) is 23.8. The maximum Gasteiger partial charge on any atom is 0.303 e. The number of ketones is 1. The molecule has 0 saturated carbocycles. The summed E-state index contributed by atoms with van der Waals surface area (Å²) >= 11 is 0. The second kappa shape index (κ2) is 12.7. The van der Waals surface area contributed by atoms with Crippen LogP contribution in [0.5, 0.6) is 5.75 Å². The summed E-state index contributed by atoms with van der Waals surface area (Å²) in [4.78, 5) is 59.5. The Morgan fingerprint density at radius 1 is 0.857 bits per heavy atom. The summed E-state index contributed by atoms with van der Waals surface area (Å²) in [7, 11) is 0. The van der Waals surface area contributed by atoms with Crippen LogP contribution in [0.3, 0.4) is 0 Å². The first kappa shape index (κ1) is 27.5. The molecule has 2 rings (SSSR count). The topological polar surface area (TPSA) is 152 Å². The fourth-order valence-corrected chi connectivity index (χ4v) is 3.57. The maximum atomic E-state index is 12.7. The van der Waals surface area contributed by atoms with Gasteiger partial charge in [-0.05, 0) is 23.8 Å². The van der Waals surface area contributed by atoms with E-state index in [0.717, 1.165) is 20.8 Å². The lowest BCUT2D eigenvalue weighted by atomic mass is 9.91. The standard InChI is InChI=1S/C24H28O11/c1-13(25)31-12-21-23(33-15(3)27)24(34-16(4)28)22(32-14(2)26)20(35-21)11-19(30)9-8-17-6-5-7-18(29)10-17/h5-10,20-24,29H,11-12H2,1-4H3/b9-8+/t20-,21+,22-,23-,24+/m0/s1. The van der Waals surface area contributed by atoms with E-state index in [-0.39, 0.29) is 18.8 Å². The highest BCUT2D eigenvalue weighted by Gasteiger charge is 2.52. The van der Waals surface area contributed by atoms with E-state index in [9.17, 15) is 29.1 Å². The molecular formula is C24H28O11. The van der Waals surface area contributed by atoms with Crippen molar-refractivity contribution in [3.8, 4) is 5.75 Å². The molecule has 0 amide bonds. The molecule has 0 unspecified atom stereocenters. The summed E-state index contributed by atoms with van der Waals surface area (Å²) < 4.78 is 26.9. The monoisotopic (exact) mass is 492 g/mol. The molecule has 0 spiro atoms. The number of phenols is 1. The van der Waals surface area contributed by atoms with Crippen molar-refractivity contribution >= 4 is 35.7 Å². The minimum atomic E-state index is -1.33. The summed E-state index contributed by atoms with van der Waals surface area (Å²) in [6, 6.07) is 6.23. The van der Waals surface area contributed by atoms with Gasteiger partial charge < -0.3 is 28.8 Å². The summed E-state index contributed by atoms with van der Waals surface area (Å²) in [5.74, 6) is -3.29. The first-order valence-corrected chi connectivity index (χ1v) is 10.8. The van der Waals surface area contributed by atoms with E-state index in [0.29, 0.717) is 5.56 Å². The van der Waals surface area contributed by atoms with Crippen LogP contribution in [0.4, 0.5) is 0 Å². The van der Waals surface area contributed by atoms with Crippen molar-refractivity contribution in [3.05, 3.63) is 35.9 Å². The third-order valence-electron chi connectivity index (χ3n) is 4.82. The molecule has 11 nitrogen and oxygen atoms in total. The zero-order valence-corrected chi connectivity index (χ0v) is 19.8. The highest BCUT2D eigenvalue weighted by Crippen LogP contribution is 2.31. The van der Waals surface area contributed by atoms with Gasteiger partial charge in [0.2, 0.25) is 0 Å². The van der Waals surface area contributed by atoms with E-state index in [1.54, 1.807) is 12.1 Å². The van der Waals surface area contributed by atoms with Crippen molar-refractivity contribution in [3.63, 3.8) is 0 Å². The Hall–Kier alpha value is -3.73. The van der Waals surface area contributed by atoms with Crippen LogP contribution in [0.1, 0.15) is 39.7 Å². The van der Waals surface area contributed by atoms with E-state index in [2.05, 4.69) is 0 Å². The number of benzene rings is 1. The molecule has 1 heterocycles. The van der Waals surface area contributed by atoms with Gasteiger partial charge in [0.1, 0.15) is 24.6 Å². The van der Waals surface area contributed by atoms with Crippen LogP contribution in [0.15, 0.2) is 30.3 Å². The van der Waals surface area contributed by atoms with Crippen LogP contribution in [-0.2, 0) is 47.7 Å². The molecule has 190 valence electrons. The summed E-state index contributed by atoms with van der Waals surface area (Å²) in [5.41, 5.74) is 0.569. The third-order valence-corrected chi connectivity index (χ3v) is 4.82. The highest BCUT2D eigenvalue weighted by atomic mass is 16.7. The average molecular weight is 492 g/mol. The van der Waals surface area contributed by atoms with Crippen LogP contribution in [-0.4, -0.2) is 71.9 Å². The number of carbonyl (C=O) groups excluding carboxylic acids is 5. The third kappa shape index (κ3) is 8.85. The predicted molar refractivity (Wildman–Crippen MR) is 119 cm³/mol. The molecule has 11 heteroatoms. The minimum absolute atomic E-state index is 0.0270. The zero-order chi connectivity index (χ0) is 26.1. The number of carbonyl (C=O) groups is 5. The Morgan fingerprint density at radius 2 is 1.43 bits per heavy atom. The Bertz CT molecular complexity index is 983. The highest BCUT2D eigenvalue weighted by molar-refractivity contribution is 5.94. The van der Waals surface area contributed by atoms with Gasteiger partial charge in [0, 0.05) is 34.1 Å². The first-order valence-electron chi connectivity index (χ1n) is 10.8. The molecule has 1 fully saturated rings. The zero-order valence-electron chi connectivity index (χ0n) is 19.8. The Morgan fingerprint density at radius 3 is 1.97 bits per heavy atom. The lowest BCUT2D eigenvalue weighted by molar-refractivity contribution is -0.252. The fraction of sp³-hybridized carbons (Fsp3) is 0.458. The van der Waals surface area contributed by atoms with Crippen LogP contribution < -0.4 is 0 Å². The fourth-order valence-electron chi connectivity index (χ4n) is 3.57. The molecule has 1 aliphatic rings. The van der Waals surface area contributed by atoms with Crippen molar-refractivity contribution < 1.29 is 52.8 Å². The molecular weight excluding hydrogens is 464 g/mol. The van der Waals surface area contributed by atoms with Crippen LogP contribution in [0.25, 0.3) is 6.08 Å². The second-order valence-electron chi connectivity index (χ2n) is 7.84. The van der Waals surface area contributed by atoms with E-state index in [1.807, 2.05) is 0 Å². The molecule has 1 N–H and O–H groups in total. The van der Waals surface area contributed by atoms with E-state index in [1.165, 1.54) is 31.2 Å². The smallest absolute Gasteiger partial charge is 0.303 e. The molecule has 1 aromatic rings. The maximum absolute atomic E-state index is 12.7. The lowest BCUT2D eigenvalue weighted by Gasteiger charge is -2.44.